The van der Waals surface area contributed by atoms with Gasteiger partial charge in [-0.05, 0) is 36.1 Å². The lowest BCUT2D eigenvalue weighted by Crippen LogP contribution is -2.27. The third-order valence-corrected chi connectivity index (χ3v) is 3.57. The Morgan fingerprint density at radius 1 is 1.12 bits per heavy atom. The van der Waals surface area contributed by atoms with E-state index < -0.39 is 0 Å². The van der Waals surface area contributed by atoms with Crippen molar-refractivity contribution in [3.05, 3.63) is 59.4 Å². The number of aryl methyl sites for hydroxylation is 1. The fraction of sp³-hybridized carbons (Fsp3) is 0.316. The first-order valence-electron chi connectivity index (χ1n) is 8.14. The summed E-state index contributed by atoms with van der Waals surface area (Å²) in [6.07, 6.45) is 2.30. The summed E-state index contributed by atoms with van der Waals surface area (Å²) in [7, 11) is 0. The summed E-state index contributed by atoms with van der Waals surface area (Å²) < 4.78 is 0. The predicted molar refractivity (Wildman–Crippen MR) is 95.2 cm³/mol. The molecule has 2 aromatic rings. The Morgan fingerprint density at radius 3 is 2.58 bits per heavy atom. The van der Waals surface area contributed by atoms with Crippen LogP contribution in [-0.4, -0.2) is 23.3 Å². The van der Waals surface area contributed by atoms with Crippen LogP contribution in [0.25, 0.3) is 0 Å². The van der Waals surface area contributed by atoms with Crippen LogP contribution in [0.15, 0.2) is 42.6 Å². The van der Waals surface area contributed by atoms with Gasteiger partial charge in [0, 0.05) is 24.0 Å². The minimum atomic E-state index is -0.325. The molecule has 0 atom stereocenters. The van der Waals surface area contributed by atoms with Gasteiger partial charge in [0.05, 0.1) is 0 Å². The van der Waals surface area contributed by atoms with Gasteiger partial charge in [0.15, 0.2) is 0 Å². The average Bonchev–Trinajstić information content (AvgIpc) is 2.60. The fourth-order valence-electron chi connectivity index (χ4n) is 2.23. The van der Waals surface area contributed by atoms with Crippen molar-refractivity contribution < 1.29 is 9.59 Å². The van der Waals surface area contributed by atoms with E-state index in [4.69, 9.17) is 0 Å². The quantitative estimate of drug-likeness (QED) is 0.856. The third-order valence-electron chi connectivity index (χ3n) is 3.57. The van der Waals surface area contributed by atoms with Crippen molar-refractivity contribution >= 4 is 17.5 Å². The number of rotatable bonds is 6. The Morgan fingerprint density at radius 2 is 1.88 bits per heavy atom. The van der Waals surface area contributed by atoms with E-state index in [0.29, 0.717) is 18.0 Å². The summed E-state index contributed by atoms with van der Waals surface area (Å²) >= 11 is 0. The molecule has 1 heterocycles. The van der Waals surface area contributed by atoms with Crippen molar-refractivity contribution in [1.82, 2.24) is 10.3 Å². The van der Waals surface area contributed by atoms with E-state index in [2.05, 4.69) is 15.6 Å². The summed E-state index contributed by atoms with van der Waals surface area (Å²) in [6.45, 7) is 6.67. The molecule has 0 aliphatic rings. The third kappa shape index (κ3) is 4.65. The van der Waals surface area contributed by atoms with Crippen LogP contribution in [0.3, 0.4) is 0 Å². The zero-order valence-corrected chi connectivity index (χ0v) is 14.3. The highest BCUT2D eigenvalue weighted by molar-refractivity contribution is 6.05. The van der Waals surface area contributed by atoms with Crippen molar-refractivity contribution in [2.45, 2.75) is 27.2 Å². The maximum absolute atomic E-state index is 12.4. The van der Waals surface area contributed by atoms with Gasteiger partial charge in [-0.25, -0.2) is 0 Å². The second kappa shape index (κ2) is 8.24. The van der Waals surface area contributed by atoms with E-state index in [1.165, 1.54) is 12.3 Å². The van der Waals surface area contributed by atoms with Crippen LogP contribution in [-0.2, 0) is 6.42 Å². The van der Waals surface area contributed by atoms with E-state index in [-0.39, 0.29) is 17.5 Å². The number of carbonyl (C=O) groups excluding carboxylic acids is 2. The number of benzene rings is 1. The first kappa shape index (κ1) is 17.7. The minimum Gasteiger partial charge on any atom is -0.352 e. The van der Waals surface area contributed by atoms with Crippen LogP contribution in [0.5, 0.6) is 0 Å². The van der Waals surface area contributed by atoms with Gasteiger partial charge < -0.3 is 10.6 Å². The van der Waals surface area contributed by atoms with Gasteiger partial charge in [-0.3, -0.25) is 14.6 Å². The zero-order chi connectivity index (χ0) is 17.5. The Balaban J connectivity index is 2.13. The van der Waals surface area contributed by atoms with Crippen molar-refractivity contribution in [2.75, 3.05) is 11.9 Å². The van der Waals surface area contributed by atoms with E-state index in [1.807, 2.05) is 45.0 Å². The smallest absolute Gasteiger partial charge is 0.274 e. The minimum absolute atomic E-state index is 0.200. The highest BCUT2D eigenvalue weighted by Crippen LogP contribution is 2.16. The second-order valence-electron chi connectivity index (χ2n) is 6.00. The summed E-state index contributed by atoms with van der Waals surface area (Å²) in [5.41, 5.74) is 2.47. The molecule has 2 N–H and O–H groups in total. The summed E-state index contributed by atoms with van der Waals surface area (Å²) in [6, 6.07) is 10.8. The maximum atomic E-state index is 12.4. The van der Waals surface area contributed by atoms with Crippen molar-refractivity contribution in [3.63, 3.8) is 0 Å². The van der Waals surface area contributed by atoms with E-state index in [9.17, 15) is 9.59 Å². The van der Waals surface area contributed by atoms with E-state index in [0.717, 1.165) is 17.7 Å². The van der Waals surface area contributed by atoms with E-state index in [1.54, 1.807) is 6.07 Å². The maximum Gasteiger partial charge on any atom is 0.274 e. The number of aromatic nitrogens is 1. The first-order valence-corrected chi connectivity index (χ1v) is 8.14. The van der Waals surface area contributed by atoms with Gasteiger partial charge in [-0.15, -0.1) is 0 Å². The molecule has 0 unspecified atom stereocenters. The number of amides is 2. The number of nitrogens with one attached hydrogen (secondary N) is 2. The summed E-state index contributed by atoms with van der Waals surface area (Å²) in [4.78, 5) is 28.6. The molecule has 24 heavy (non-hydrogen) atoms. The van der Waals surface area contributed by atoms with Gasteiger partial charge in [0.25, 0.3) is 11.8 Å². The number of hydrogen-bond acceptors (Lipinski definition) is 3. The molecule has 0 radical (unpaired) electrons. The number of pyridine rings is 1. The van der Waals surface area contributed by atoms with Gasteiger partial charge in [-0.1, -0.05) is 39.0 Å². The first-order chi connectivity index (χ1) is 11.5. The molecule has 0 aliphatic heterocycles. The number of anilines is 1. The van der Waals surface area contributed by atoms with Crippen LogP contribution < -0.4 is 10.6 Å². The van der Waals surface area contributed by atoms with Crippen molar-refractivity contribution in [1.29, 1.82) is 0 Å². The zero-order valence-electron chi connectivity index (χ0n) is 14.3. The average molecular weight is 325 g/mol. The Hall–Kier alpha value is -2.69. The van der Waals surface area contributed by atoms with Gasteiger partial charge in [0.1, 0.15) is 5.69 Å². The van der Waals surface area contributed by atoms with Crippen LogP contribution in [0.2, 0.25) is 0 Å². The van der Waals surface area contributed by atoms with E-state index >= 15 is 0 Å². The highest BCUT2D eigenvalue weighted by Gasteiger charge is 2.13. The number of hydrogen-bond donors (Lipinski definition) is 2. The molecule has 1 aromatic heterocycles. The molecule has 0 saturated carbocycles. The molecule has 0 fully saturated rings. The highest BCUT2D eigenvalue weighted by atomic mass is 16.2. The second-order valence-corrected chi connectivity index (χ2v) is 6.00. The fourth-order valence-corrected chi connectivity index (χ4v) is 2.23. The number of carbonyl (C=O) groups is 2. The van der Waals surface area contributed by atoms with Crippen LogP contribution in [0, 0.1) is 5.92 Å². The number of para-hydroxylation sites is 1. The van der Waals surface area contributed by atoms with Gasteiger partial charge in [0.2, 0.25) is 0 Å². The standard InChI is InChI=1S/C19H23N3O2/c1-4-14-7-5-6-8-16(14)22-19(24)17-11-15(9-10-20-17)18(23)21-12-13(2)3/h5-11,13H,4,12H2,1-3H3,(H,21,23)(H,22,24). The van der Waals surface area contributed by atoms with Crippen LogP contribution >= 0.6 is 0 Å². The molecule has 0 aliphatic carbocycles. The number of nitrogens with zero attached hydrogens (tertiary/aromatic N) is 1. The monoisotopic (exact) mass is 325 g/mol. The molecule has 5 nitrogen and oxygen atoms in total. The lowest BCUT2D eigenvalue weighted by atomic mass is 10.1. The Labute approximate surface area is 142 Å². The SMILES string of the molecule is CCc1ccccc1NC(=O)c1cc(C(=O)NCC(C)C)ccn1. The van der Waals surface area contributed by atoms with Gasteiger partial charge >= 0.3 is 0 Å². The van der Waals surface area contributed by atoms with Crippen molar-refractivity contribution in [3.8, 4) is 0 Å². The molecule has 2 rings (SSSR count). The molecule has 1 aromatic carbocycles. The normalized spacial score (nSPS) is 10.5. The molecular formula is C19H23N3O2. The van der Waals surface area contributed by atoms with Crippen LogP contribution in [0.1, 0.15) is 47.2 Å². The topological polar surface area (TPSA) is 71.1 Å². The summed E-state index contributed by atoms with van der Waals surface area (Å²) in [5.74, 6) is -0.160. The molecular weight excluding hydrogens is 302 g/mol. The van der Waals surface area contributed by atoms with Crippen molar-refractivity contribution in [2.24, 2.45) is 5.92 Å². The molecule has 0 bridgehead atoms. The van der Waals surface area contributed by atoms with Gasteiger partial charge in [-0.2, -0.15) is 0 Å². The lowest BCUT2D eigenvalue weighted by Gasteiger charge is -2.10. The Kier molecular flexibility index (Phi) is 6.07. The largest absolute Gasteiger partial charge is 0.352 e. The summed E-state index contributed by atoms with van der Waals surface area (Å²) in [5, 5.41) is 5.70. The molecule has 126 valence electrons. The lowest BCUT2D eigenvalue weighted by molar-refractivity contribution is 0.0949. The molecule has 5 heteroatoms. The predicted octanol–water partition coefficient (Wildman–Crippen LogP) is 3.28. The van der Waals surface area contributed by atoms with Crippen LogP contribution in [0.4, 0.5) is 5.69 Å². The molecule has 0 saturated heterocycles. The molecule has 0 spiro atoms. The molecule has 2 amide bonds. The Bertz CT molecular complexity index is 726.